The summed E-state index contributed by atoms with van der Waals surface area (Å²) in [6, 6.07) is 14.5. The molecule has 1 aliphatic heterocycles. The molecular formula is C26H30N2O5. The lowest BCUT2D eigenvalue weighted by molar-refractivity contribution is -0.154. The van der Waals surface area contributed by atoms with Crippen molar-refractivity contribution in [3.05, 3.63) is 59.7 Å². The maximum Gasteiger partial charge on any atom is 0.407 e. The summed E-state index contributed by atoms with van der Waals surface area (Å²) in [5, 5.41) is 12.2. The largest absolute Gasteiger partial charge is 0.480 e. The Balaban J connectivity index is 1.42. The van der Waals surface area contributed by atoms with Crippen LogP contribution in [0.5, 0.6) is 0 Å². The quantitative estimate of drug-likeness (QED) is 0.693. The lowest BCUT2D eigenvalue weighted by Gasteiger charge is -2.38. The number of likely N-dealkylation sites (tertiary alicyclic amines) is 1. The van der Waals surface area contributed by atoms with E-state index < -0.39 is 24.1 Å². The normalized spacial score (nSPS) is 20.5. The van der Waals surface area contributed by atoms with Crippen molar-refractivity contribution in [2.45, 2.75) is 51.1 Å². The van der Waals surface area contributed by atoms with Crippen LogP contribution in [0.1, 0.15) is 50.2 Å². The second-order valence-electron chi connectivity index (χ2n) is 8.96. The standard InChI is InChI=1S/C26H30N2O5/c1-3-22(24(29)28-14-16(2)12-13-23(28)25(30)31)27-26(32)33-15-21-19-10-6-4-8-17(19)18-9-5-7-11-20(18)21/h4-11,16,21-23H,3,12-15H2,1-2H3,(H,27,32)(H,30,31). The van der Waals surface area contributed by atoms with Crippen molar-refractivity contribution >= 4 is 18.0 Å². The Labute approximate surface area is 193 Å². The number of aliphatic carboxylic acids is 1. The molecule has 1 aliphatic carbocycles. The Morgan fingerprint density at radius 3 is 2.24 bits per heavy atom. The summed E-state index contributed by atoms with van der Waals surface area (Å²) in [6.45, 7) is 4.31. The molecule has 0 aromatic heterocycles. The van der Waals surface area contributed by atoms with Crippen LogP contribution in [-0.2, 0) is 14.3 Å². The minimum Gasteiger partial charge on any atom is -0.480 e. The van der Waals surface area contributed by atoms with Crippen LogP contribution in [0, 0.1) is 5.92 Å². The second-order valence-corrected chi connectivity index (χ2v) is 8.96. The van der Waals surface area contributed by atoms with Crippen molar-refractivity contribution in [1.29, 1.82) is 0 Å². The van der Waals surface area contributed by atoms with Crippen LogP contribution < -0.4 is 5.32 Å². The Kier molecular flexibility index (Phi) is 6.67. The first kappa shape index (κ1) is 22.8. The topological polar surface area (TPSA) is 95.9 Å². The summed E-state index contributed by atoms with van der Waals surface area (Å²) < 4.78 is 5.57. The summed E-state index contributed by atoms with van der Waals surface area (Å²) in [5.41, 5.74) is 4.51. The van der Waals surface area contributed by atoms with E-state index in [4.69, 9.17) is 4.74 Å². The number of carboxylic acid groups (broad SMARTS) is 1. The van der Waals surface area contributed by atoms with Gasteiger partial charge in [0.2, 0.25) is 5.91 Å². The number of hydrogen-bond acceptors (Lipinski definition) is 4. The van der Waals surface area contributed by atoms with Gasteiger partial charge in [0, 0.05) is 12.5 Å². The van der Waals surface area contributed by atoms with Crippen LogP contribution in [0.25, 0.3) is 11.1 Å². The zero-order chi connectivity index (χ0) is 23.5. The lowest BCUT2D eigenvalue weighted by Crippen LogP contribution is -2.56. The molecule has 3 unspecified atom stereocenters. The van der Waals surface area contributed by atoms with Crippen molar-refractivity contribution in [2.24, 2.45) is 5.92 Å². The van der Waals surface area contributed by atoms with Crippen molar-refractivity contribution in [3.63, 3.8) is 0 Å². The molecule has 0 bridgehead atoms. The molecule has 2 aromatic rings. The van der Waals surface area contributed by atoms with Crippen molar-refractivity contribution in [3.8, 4) is 11.1 Å². The first-order valence-corrected chi connectivity index (χ1v) is 11.6. The molecule has 7 nitrogen and oxygen atoms in total. The number of carboxylic acids is 1. The molecule has 0 radical (unpaired) electrons. The highest BCUT2D eigenvalue weighted by atomic mass is 16.5. The predicted molar refractivity (Wildman–Crippen MR) is 124 cm³/mol. The minimum absolute atomic E-state index is 0.0711. The van der Waals surface area contributed by atoms with Crippen molar-refractivity contribution < 1.29 is 24.2 Å². The molecule has 4 rings (SSSR count). The summed E-state index contributed by atoms with van der Waals surface area (Å²) in [5.74, 6) is -1.23. The second kappa shape index (κ2) is 9.65. The molecule has 3 atom stereocenters. The number of alkyl carbamates (subject to hydrolysis) is 1. The minimum atomic E-state index is -1.01. The van der Waals surface area contributed by atoms with Crippen LogP contribution in [-0.4, -0.2) is 53.2 Å². The number of piperidine rings is 1. The van der Waals surface area contributed by atoms with Crippen LogP contribution >= 0.6 is 0 Å². The molecular weight excluding hydrogens is 420 g/mol. The smallest absolute Gasteiger partial charge is 0.407 e. The maximum absolute atomic E-state index is 13.1. The van der Waals surface area contributed by atoms with E-state index in [1.807, 2.05) is 43.3 Å². The highest BCUT2D eigenvalue weighted by molar-refractivity contribution is 5.89. The number of nitrogens with one attached hydrogen (secondary N) is 1. The number of carbonyl (C=O) groups is 3. The molecule has 33 heavy (non-hydrogen) atoms. The zero-order valence-corrected chi connectivity index (χ0v) is 19.0. The predicted octanol–water partition coefficient (Wildman–Crippen LogP) is 4.02. The number of fused-ring (bicyclic) bond motifs is 3. The van der Waals surface area contributed by atoms with Gasteiger partial charge in [-0.25, -0.2) is 9.59 Å². The number of ether oxygens (including phenoxy) is 1. The van der Waals surface area contributed by atoms with Crippen LogP contribution in [0.15, 0.2) is 48.5 Å². The van der Waals surface area contributed by atoms with Gasteiger partial charge in [-0.1, -0.05) is 62.4 Å². The molecule has 2 amide bonds. The highest BCUT2D eigenvalue weighted by Crippen LogP contribution is 2.44. The van der Waals surface area contributed by atoms with Gasteiger partial charge in [-0.05, 0) is 47.4 Å². The Bertz CT molecular complexity index is 1010. The Hall–Kier alpha value is -3.35. The van der Waals surface area contributed by atoms with E-state index in [9.17, 15) is 19.5 Å². The van der Waals surface area contributed by atoms with Gasteiger partial charge in [0.25, 0.3) is 0 Å². The third kappa shape index (κ3) is 4.58. The monoisotopic (exact) mass is 450 g/mol. The number of benzene rings is 2. The number of amides is 2. The zero-order valence-electron chi connectivity index (χ0n) is 19.0. The average molecular weight is 451 g/mol. The molecule has 1 saturated heterocycles. The fourth-order valence-electron chi connectivity index (χ4n) is 4.97. The van der Waals surface area contributed by atoms with Crippen LogP contribution in [0.3, 0.4) is 0 Å². The van der Waals surface area contributed by atoms with Gasteiger partial charge >= 0.3 is 12.1 Å². The fraction of sp³-hybridized carbons (Fsp3) is 0.423. The van der Waals surface area contributed by atoms with Gasteiger partial charge in [-0.3, -0.25) is 4.79 Å². The van der Waals surface area contributed by atoms with Crippen LogP contribution in [0.2, 0.25) is 0 Å². The molecule has 0 spiro atoms. The molecule has 174 valence electrons. The van der Waals surface area contributed by atoms with Gasteiger partial charge in [-0.2, -0.15) is 0 Å². The first-order valence-electron chi connectivity index (χ1n) is 11.6. The van der Waals surface area contributed by atoms with Gasteiger partial charge in [0.05, 0.1) is 0 Å². The third-order valence-electron chi connectivity index (χ3n) is 6.73. The van der Waals surface area contributed by atoms with E-state index >= 15 is 0 Å². The van der Waals surface area contributed by atoms with Crippen molar-refractivity contribution in [2.75, 3.05) is 13.2 Å². The highest BCUT2D eigenvalue weighted by Gasteiger charge is 2.38. The summed E-state index contributed by atoms with van der Waals surface area (Å²) >= 11 is 0. The van der Waals surface area contributed by atoms with Crippen molar-refractivity contribution in [1.82, 2.24) is 10.2 Å². The number of nitrogens with zero attached hydrogens (tertiary/aromatic N) is 1. The number of hydrogen-bond donors (Lipinski definition) is 2. The third-order valence-corrected chi connectivity index (χ3v) is 6.73. The van der Waals surface area contributed by atoms with Gasteiger partial charge in [-0.15, -0.1) is 0 Å². The summed E-state index contributed by atoms with van der Waals surface area (Å²) in [4.78, 5) is 38.8. The number of rotatable bonds is 6. The van der Waals surface area contributed by atoms with Gasteiger partial charge in [0.15, 0.2) is 0 Å². The first-order chi connectivity index (χ1) is 15.9. The molecule has 7 heteroatoms. The summed E-state index contributed by atoms with van der Waals surface area (Å²) in [7, 11) is 0. The molecule has 2 aromatic carbocycles. The van der Waals surface area contributed by atoms with E-state index in [1.165, 1.54) is 4.90 Å². The Morgan fingerprint density at radius 1 is 1.06 bits per heavy atom. The number of carbonyl (C=O) groups excluding carboxylic acids is 2. The molecule has 2 aliphatic rings. The maximum atomic E-state index is 13.1. The average Bonchev–Trinajstić information content (AvgIpc) is 3.14. The van der Waals surface area contributed by atoms with E-state index in [0.29, 0.717) is 19.4 Å². The molecule has 0 saturated carbocycles. The lowest BCUT2D eigenvalue weighted by atomic mass is 9.93. The van der Waals surface area contributed by atoms with Gasteiger partial charge < -0.3 is 20.1 Å². The van der Waals surface area contributed by atoms with E-state index in [-0.39, 0.29) is 24.3 Å². The molecule has 1 heterocycles. The van der Waals surface area contributed by atoms with E-state index in [0.717, 1.165) is 28.7 Å². The molecule has 2 N–H and O–H groups in total. The summed E-state index contributed by atoms with van der Waals surface area (Å²) in [6.07, 6.45) is 0.857. The van der Waals surface area contributed by atoms with E-state index in [1.54, 1.807) is 6.92 Å². The van der Waals surface area contributed by atoms with Gasteiger partial charge in [0.1, 0.15) is 18.7 Å². The SMILES string of the molecule is CCC(NC(=O)OCC1c2ccccc2-c2ccccc21)C(=O)N1CC(C)CCC1C(=O)O. The van der Waals surface area contributed by atoms with Crippen LogP contribution in [0.4, 0.5) is 4.79 Å². The molecule has 1 fully saturated rings. The Morgan fingerprint density at radius 2 is 1.67 bits per heavy atom. The fourth-order valence-corrected chi connectivity index (χ4v) is 4.97. The van der Waals surface area contributed by atoms with E-state index in [2.05, 4.69) is 17.4 Å².